The fourth-order valence-corrected chi connectivity index (χ4v) is 5.10. The van der Waals surface area contributed by atoms with Crippen molar-refractivity contribution in [3.8, 4) is 11.5 Å². The number of benzene rings is 3. The van der Waals surface area contributed by atoms with E-state index in [4.69, 9.17) is 9.47 Å². The van der Waals surface area contributed by atoms with Crippen LogP contribution in [-0.4, -0.2) is 65.5 Å². The summed E-state index contributed by atoms with van der Waals surface area (Å²) in [5, 5.41) is 13.0. The van der Waals surface area contributed by atoms with Gasteiger partial charge in [0.15, 0.2) is 5.82 Å². The molecule has 0 aliphatic carbocycles. The molecule has 0 spiro atoms. The number of rotatable bonds is 8. The van der Waals surface area contributed by atoms with Crippen LogP contribution in [0.5, 0.6) is 11.5 Å². The quantitative estimate of drug-likeness (QED) is 0.359. The molecule has 0 unspecified atom stereocenters. The summed E-state index contributed by atoms with van der Waals surface area (Å²) in [6.45, 7) is 8.52. The van der Waals surface area contributed by atoms with Crippen molar-refractivity contribution in [2.75, 3.05) is 45.3 Å². The van der Waals surface area contributed by atoms with E-state index in [2.05, 4.69) is 69.5 Å². The second-order valence-electron chi connectivity index (χ2n) is 9.50. The third-order valence-electron chi connectivity index (χ3n) is 7.11. The number of para-hydroxylation sites is 1. The van der Waals surface area contributed by atoms with Crippen molar-refractivity contribution in [2.24, 2.45) is 0 Å². The van der Waals surface area contributed by atoms with Gasteiger partial charge in [-0.05, 0) is 65.2 Å². The van der Waals surface area contributed by atoms with Gasteiger partial charge >= 0.3 is 0 Å². The number of aryl methyl sites for hydroxylation is 2. The highest BCUT2D eigenvalue weighted by Gasteiger charge is 2.32. The fourth-order valence-electron chi connectivity index (χ4n) is 5.10. The number of hydrogen-bond donors (Lipinski definition) is 0. The maximum absolute atomic E-state index is 5.79. The van der Waals surface area contributed by atoms with Crippen molar-refractivity contribution in [3.05, 3.63) is 94.8 Å². The summed E-state index contributed by atoms with van der Waals surface area (Å²) in [7, 11) is 3.39. The highest BCUT2D eigenvalue weighted by Crippen LogP contribution is 2.35. The van der Waals surface area contributed by atoms with Crippen LogP contribution >= 0.6 is 0 Å². The van der Waals surface area contributed by atoms with E-state index in [-0.39, 0.29) is 6.04 Å². The lowest BCUT2D eigenvalue weighted by Gasteiger charge is -2.40. The number of hydrogen-bond acceptors (Lipinski definition) is 7. The predicted octanol–water partition coefficient (Wildman–Crippen LogP) is 4.27. The highest BCUT2D eigenvalue weighted by molar-refractivity contribution is 5.55. The Balaban J connectivity index is 1.45. The summed E-state index contributed by atoms with van der Waals surface area (Å²) < 4.78 is 13.0. The van der Waals surface area contributed by atoms with Crippen LogP contribution in [0.3, 0.4) is 0 Å². The molecule has 1 fully saturated rings. The molecule has 3 aromatic carbocycles. The summed E-state index contributed by atoms with van der Waals surface area (Å²) in [4.78, 5) is 4.95. The van der Waals surface area contributed by atoms with Gasteiger partial charge in [-0.1, -0.05) is 42.5 Å². The number of piperazine rings is 1. The van der Waals surface area contributed by atoms with Crippen molar-refractivity contribution >= 4 is 5.69 Å². The maximum atomic E-state index is 5.79. The topological polar surface area (TPSA) is 68.5 Å². The molecule has 0 N–H and O–H groups in total. The number of anilines is 1. The van der Waals surface area contributed by atoms with Gasteiger partial charge in [-0.15, -0.1) is 5.10 Å². The number of ether oxygens (including phenoxy) is 2. The third kappa shape index (κ3) is 5.29. The van der Waals surface area contributed by atoms with Crippen LogP contribution < -0.4 is 14.4 Å². The minimum Gasteiger partial charge on any atom is -0.497 e. The van der Waals surface area contributed by atoms with Crippen molar-refractivity contribution < 1.29 is 9.47 Å². The van der Waals surface area contributed by atoms with Gasteiger partial charge in [0.1, 0.15) is 17.5 Å². The van der Waals surface area contributed by atoms with Crippen LogP contribution in [0.25, 0.3) is 0 Å². The van der Waals surface area contributed by atoms with Gasteiger partial charge in [0, 0.05) is 37.4 Å². The average Bonchev–Trinajstić information content (AvgIpc) is 3.39. The van der Waals surface area contributed by atoms with Crippen LogP contribution in [0.2, 0.25) is 0 Å². The van der Waals surface area contributed by atoms with Gasteiger partial charge < -0.3 is 14.4 Å². The van der Waals surface area contributed by atoms with Crippen molar-refractivity contribution in [3.63, 3.8) is 0 Å². The third-order valence-corrected chi connectivity index (χ3v) is 7.11. The van der Waals surface area contributed by atoms with Gasteiger partial charge in [-0.3, -0.25) is 4.90 Å². The molecule has 0 amide bonds. The van der Waals surface area contributed by atoms with Gasteiger partial charge in [0.25, 0.3) is 0 Å². The van der Waals surface area contributed by atoms with E-state index >= 15 is 0 Å². The molecule has 1 aliphatic heterocycles. The second kappa shape index (κ2) is 11.0. The van der Waals surface area contributed by atoms with Crippen molar-refractivity contribution in [2.45, 2.75) is 26.4 Å². The van der Waals surface area contributed by atoms with Gasteiger partial charge in [0.05, 0.1) is 20.8 Å². The van der Waals surface area contributed by atoms with E-state index < -0.39 is 0 Å². The Morgan fingerprint density at radius 2 is 1.62 bits per heavy atom. The lowest BCUT2D eigenvalue weighted by atomic mass is 10.0. The SMILES string of the molecule is COc1ccc(Cn2nnnc2[C@@H](c2ccccc2OC)N2CCN(c3cc(C)ccc3C)CC2)cc1. The largest absolute Gasteiger partial charge is 0.497 e. The molecule has 5 rings (SSSR count). The first-order chi connectivity index (χ1) is 18.1. The molecule has 0 radical (unpaired) electrons. The highest BCUT2D eigenvalue weighted by atomic mass is 16.5. The standard InChI is InChI=1S/C29H34N6O2/c1-21-9-10-22(2)26(19-21)33-15-17-34(18-16-33)28(25-7-5-6-8-27(25)37-4)29-30-31-32-35(29)20-23-11-13-24(36-3)14-12-23/h5-14,19,28H,15-18,20H2,1-4H3/t28-/m1/s1. The Morgan fingerprint density at radius 1 is 0.865 bits per heavy atom. The first kappa shape index (κ1) is 24.8. The molecule has 1 aliphatic rings. The van der Waals surface area contributed by atoms with Crippen LogP contribution in [0.15, 0.2) is 66.7 Å². The van der Waals surface area contributed by atoms with E-state index in [0.717, 1.165) is 54.6 Å². The molecular formula is C29H34N6O2. The Bertz CT molecular complexity index is 1330. The minimum absolute atomic E-state index is 0.134. The Hall–Kier alpha value is -3.91. The van der Waals surface area contributed by atoms with E-state index in [1.165, 1.54) is 16.8 Å². The van der Waals surface area contributed by atoms with E-state index in [0.29, 0.717) is 6.54 Å². The van der Waals surface area contributed by atoms with Crippen molar-refractivity contribution in [1.29, 1.82) is 0 Å². The molecule has 1 aromatic heterocycles. The lowest BCUT2D eigenvalue weighted by molar-refractivity contribution is 0.198. The molecular weight excluding hydrogens is 464 g/mol. The zero-order chi connectivity index (χ0) is 25.8. The van der Waals surface area contributed by atoms with E-state index in [1.807, 2.05) is 41.1 Å². The zero-order valence-electron chi connectivity index (χ0n) is 22.0. The minimum atomic E-state index is -0.134. The fraction of sp³-hybridized carbons (Fsp3) is 0.345. The van der Waals surface area contributed by atoms with E-state index in [9.17, 15) is 0 Å². The van der Waals surface area contributed by atoms with Crippen LogP contribution in [0.1, 0.15) is 34.1 Å². The normalized spacial score (nSPS) is 15.0. The van der Waals surface area contributed by atoms with Crippen molar-refractivity contribution in [1.82, 2.24) is 25.1 Å². The zero-order valence-corrected chi connectivity index (χ0v) is 22.0. The van der Waals surface area contributed by atoms with Gasteiger partial charge in [0.2, 0.25) is 0 Å². The number of nitrogens with zero attached hydrogens (tertiary/aromatic N) is 6. The molecule has 37 heavy (non-hydrogen) atoms. The van der Waals surface area contributed by atoms with Gasteiger partial charge in [-0.2, -0.15) is 0 Å². The summed E-state index contributed by atoms with van der Waals surface area (Å²) in [5.74, 6) is 2.47. The summed E-state index contributed by atoms with van der Waals surface area (Å²) in [5.41, 5.74) is 6.08. The van der Waals surface area contributed by atoms with Crippen LogP contribution in [0.4, 0.5) is 5.69 Å². The Kier molecular flexibility index (Phi) is 7.37. The molecule has 0 bridgehead atoms. The number of tetrazole rings is 1. The molecule has 0 saturated carbocycles. The maximum Gasteiger partial charge on any atom is 0.173 e. The first-order valence-corrected chi connectivity index (χ1v) is 12.7. The smallest absolute Gasteiger partial charge is 0.173 e. The monoisotopic (exact) mass is 498 g/mol. The predicted molar refractivity (Wildman–Crippen MR) is 144 cm³/mol. The molecule has 2 heterocycles. The summed E-state index contributed by atoms with van der Waals surface area (Å²) in [6.07, 6.45) is 0. The average molecular weight is 499 g/mol. The second-order valence-corrected chi connectivity index (χ2v) is 9.50. The first-order valence-electron chi connectivity index (χ1n) is 12.7. The molecule has 1 atom stereocenters. The molecule has 192 valence electrons. The molecule has 1 saturated heterocycles. The van der Waals surface area contributed by atoms with Crippen LogP contribution in [-0.2, 0) is 6.54 Å². The number of aromatic nitrogens is 4. The number of methoxy groups -OCH3 is 2. The molecule has 4 aromatic rings. The van der Waals surface area contributed by atoms with Gasteiger partial charge in [-0.25, -0.2) is 4.68 Å². The lowest BCUT2D eigenvalue weighted by Crippen LogP contribution is -2.48. The molecule has 8 heteroatoms. The van der Waals surface area contributed by atoms with E-state index in [1.54, 1.807) is 14.2 Å². The summed E-state index contributed by atoms with van der Waals surface area (Å²) in [6, 6.07) is 22.7. The van der Waals surface area contributed by atoms with Crippen LogP contribution in [0, 0.1) is 13.8 Å². The Labute approximate surface area is 218 Å². The summed E-state index contributed by atoms with van der Waals surface area (Å²) >= 11 is 0. The Morgan fingerprint density at radius 3 is 2.35 bits per heavy atom. The molecule has 8 nitrogen and oxygen atoms in total.